The van der Waals surface area contributed by atoms with E-state index in [1.807, 2.05) is 6.92 Å². The van der Waals surface area contributed by atoms with Crippen molar-refractivity contribution in [1.82, 2.24) is 9.97 Å². The minimum atomic E-state index is -0.405. The Kier molecular flexibility index (Phi) is 4.15. The predicted molar refractivity (Wildman–Crippen MR) is 89.5 cm³/mol. The van der Waals surface area contributed by atoms with Gasteiger partial charge in [0.15, 0.2) is 0 Å². The van der Waals surface area contributed by atoms with Crippen molar-refractivity contribution in [1.29, 1.82) is 5.26 Å². The lowest BCUT2D eigenvalue weighted by Gasteiger charge is -2.07. The van der Waals surface area contributed by atoms with Crippen LogP contribution in [0, 0.1) is 25.2 Å². The summed E-state index contributed by atoms with van der Waals surface area (Å²) >= 11 is 1.25. The van der Waals surface area contributed by atoms with E-state index in [0.717, 1.165) is 5.56 Å². The first-order valence-electron chi connectivity index (χ1n) is 7.07. The molecule has 0 unspecified atom stereocenters. The lowest BCUT2D eigenvalue weighted by Crippen LogP contribution is -2.00. The van der Waals surface area contributed by atoms with Crippen LogP contribution in [-0.4, -0.2) is 23.0 Å². The highest BCUT2D eigenvalue weighted by atomic mass is 32.1. The Labute approximate surface area is 142 Å². The molecule has 24 heavy (non-hydrogen) atoms. The first-order chi connectivity index (χ1) is 11.5. The van der Waals surface area contributed by atoms with Gasteiger partial charge >= 0.3 is 5.97 Å². The van der Waals surface area contributed by atoms with E-state index in [-0.39, 0.29) is 0 Å². The Balaban J connectivity index is 2.11. The summed E-state index contributed by atoms with van der Waals surface area (Å²) in [7, 11) is 1.34. The minimum Gasteiger partial charge on any atom is -0.465 e. The highest BCUT2D eigenvalue weighted by Gasteiger charge is 2.21. The number of hydrogen-bond acceptors (Lipinski definition) is 7. The molecule has 0 aliphatic heterocycles. The molecule has 0 spiro atoms. The number of aromatic nitrogens is 2. The van der Waals surface area contributed by atoms with Crippen LogP contribution in [0.4, 0.5) is 0 Å². The standard InChI is InChI=1S/C17H13N3O3S/c1-9-13-15(23-12-6-4-11(8-18)5-7-12)19-10(2)20-16(13)24-14(9)17(21)22-3/h4-7H,1-3H3. The Morgan fingerprint density at radius 1 is 1.21 bits per heavy atom. The molecule has 3 rings (SSSR count). The average molecular weight is 339 g/mol. The van der Waals surface area contributed by atoms with Crippen LogP contribution < -0.4 is 4.74 Å². The quantitative estimate of drug-likeness (QED) is 0.675. The molecule has 0 radical (unpaired) electrons. The molecule has 7 heteroatoms. The van der Waals surface area contributed by atoms with E-state index in [1.165, 1.54) is 18.4 Å². The third kappa shape index (κ3) is 2.79. The molecule has 120 valence electrons. The Hall–Kier alpha value is -2.98. The van der Waals surface area contributed by atoms with E-state index in [2.05, 4.69) is 16.0 Å². The summed E-state index contributed by atoms with van der Waals surface area (Å²) in [5, 5.41) is 9.55. The van der Waals surface area contributed by atoms with E-state index < -0.39 is 5.97 Å². The summed E-state index contributed by atoms with van der Waals surface area (Å²) in [6.45, 7) is 3.58. The van der Waals surface area contributed by atoms with E-state index >= 15 is 0 Å². The van der Waals surface area contributed by atoms with Gasteiger partial charge in [-0.25, -0.2) is 9.78 Å². The maximum Gasteiger partial charge on any atom is 0.348 e. The number of fused-ring (bicyclic) bond motifs is 1. The summed E-state index contributed by atoms with van der Waals surface area (Å²) in [5.74, 6) is 1.08. The first-order valence-corrected chi connectivity index (χ1v) is 7.89. The molecule has 0 saturated heterocycles. The third-order valence-corrected chi connectivity index (χ3v) is 4.60. The smallest absolute Gasteiger partial charge is 0.348 e. The maximum atomic E-state index is 11.9. The molecule has 3 aromatic rings. The van der Waals surface area contributed by atoms with Crippen LogP contribution in [0.5, 0.6) is 11.6 Å². The van der Waals surface area contributed by atoms with Crippen molar-refractivity contribution in [2.24, 2.45) is 0 Å². The molecule has 0 amide bonds. The second kappa shape index (κ2) is 6.26. The number of nitriles is 1. The number of esters is 1. The van der Waals surface area contributed by atoms with Gasteiger partial charge in [-0.1, -0.05) is 0 Å². The van der Waals surface area contributed by atoms with E-state index in [0.29, 0.717) is 38.1 Å². The van der Waals surface area contributed by atoms with Crippen molar-refractivity contribution in [2.45, 2.75) is 13.8 Å². The highest BCUT2D eigenvalue weighted by Crippen LogP contribution is 2.37. The Bertz CT molecular complexity index is 971. The summed E-state index contributed by atoms with van der Waals surface area (Å²) in [4.78, 5) is 21.8. The number of hydrogen-bond donors (Lipinski definition) is 0. The minimum absolute atomic E-state index is 0.381. The lowest BCUT2D eigenvalue weighted by atomic mass is 10.2. The van der Waals surface area contributed by atoms with Gasteiger partial charge in [0.2, 0.25) is 5.88 Å². The van der Waals surface area contributed by atoms with Gasteiger partial charge in [0.05, 0.1) is 24.1 Å². The number of nitrogens with zero attached hydrogens (tertiary/aromatic N) is 3. The third-order valence-electron chi connectivity index (χ3n) is 3.44. The van der Waals surface area contributed by atoms with Gasteiger partial charge in [-0.15, -0.1) is 11.3 Å². The first kappa shape index (κ1) is 15.9. The number of benzene rings is 1. The van der Waals surface area contributed by atoms with Crippen LogP contribution in [0.1, 0.15) is 26.6 Å². The van der Waals surface area contributed by atoms with Crippen molar-refractivity contribution in [3.8, 4) is 17.7 Å². The molecule has 2 aromatic heterocycles. The van der Waals surface area contributed by atoms with Gasteiger partial charge in [-0.05, 0) is 43.7 Å². The Morgan fingerprint density at radius 2 is 1.92 bits per heavy atom. The van der Waals surface area contributed by atoms with Gasteiger partial charge in [0, 0.05) is 0 Å². The van der Waals surface area contributed by atoms with Gasteiger partial charge in [0.25, 0.3) is 0 Å². The van der Waals surface area contributed by atoms with Gasteiger partial charge in [0.1, 0.15) is 21.3 Å². The van der Waals surface area contributed by atoms with Gasteiger partial charge < -0.3 is 9.47 Å². The summed E-state index contributed by atoms with van der Waals surface area (Å²) in [6.07, 6.45) is 0. The zero-order valence-electron chi connectivity index (χ0n) is 13.3. The van der Waals surface area contributed by atoms with Crippen LogP contribution in [-0.2, 0) is 4.74 Å². The molecule has 0 aliphatic rings. The normalized spacial score (nSPS) is 10.4. The molecular weight excluding hydrogens is 326 g/mol. The fourth-order valence-electron chi connectivity index (χ4n) is 2.27. The zero-order chi connectivity index (χ0) is 17.3. The topological polar surface area (TPSA) is 85.1 Å². The van der Waals surface area contributed by atoms with Crippen LogP contribution in [0.15, 0.2) is 24.3 Å². The summed E-state index contributed by atoms with van der Waals surface area (Å²) < 4.78 is 10.7. The van der Waals surface area contributed by atoms with Crippen molar-refractivity contribution < 1.29 is 14.3 Å². The van der Waals surface area contributed by atoms with Gasteiger partial charge in [-0.2, -0.15) is 10.2 Å². The number of aryl methyl sites for hydroxylation is 2. The molecule has 0 N–H and O–H groups in total. The van der Waals surface area contributed by atoms with Crippen LogP contribution >= 0.6 is 11.3 Å². The second-order valence-electron chi connectivity index (χ2n) is 5.04. The van der Waals surface area contributed by atoms with Crippen molar-refractivity contribution in [3.05, 3.63) is 46.1 Å². The highest BCUT2D eigenvalue weighted by molar-refractivity contribution is 7.20. The van der Waals surface area contributed by atoms with Crippen LogP contribution in [0.25, 0.3) is 10.2 Å². The molecule has 6 nitrogen and oxygen atoms in total. The lowest BCUT2D eigenvalue weighted by molar-refractivity contribution is 0.0605. The molecule has 1 aromatic carbocycles. The number of rotatable bonds is 3. The molecule has 2 heterocycles. The van der Waals surface area contributed by atoms with Crippen molar-refractivity contribution in [2.75, 3.05) is 7.11 Å². The van der Waals surface area contributed by atoms with E-state index in [9.17, 15) is 4.79 Å². The number of methoxy groups -OCH3 is 1. The van der Waals surface area contributed by atoms with Gasteiger partial charge in [-0.3, -0.25) is 0 Å². The molecule has 0 fully saturated rings. The van der Waals surface area contributed by atoms with Crippen LogP contribution in [0.2, 0.25) is 0 Å². The number of carbonyl (C=O) groups is 1. The fraction of sp³-hybridized carbons (Fsp3) is 0.176. The van der Waals surface area contributed by atoms with E-state index in [1.54, 1.807) is 31.2 Å². The molecule has 0 aliphatic carbocycles. The second-order valence-corrected chi connectivity index (χ2v) is 6.04. The maximum absolute atomic E-state index is 11.9. The predicted octanol–water partition coefficient (Wildman–Crippen LogP) is 3.76. The van der Waals surface area contributed by atoms with Crippen LogP contribution in [0.3, 0.4) is 0 Å². The number of carbonyl (C=O) groups excluding carboxylic acids is 1. The summed E-state index contributed by atoms with van der Waals surface area (Å²) in [6, 6.07) is 8.79. The molecule has 0 saturated carbocycles. The van der Waals surface area contributed by atoms with E-state index in [4.69, 9.17) is 14.7 Å². The molecule has 0 atom stereocenters. The zero-order valence-corrected chi connectivity index (χ0v) is 14.1. The number of ether oxygens (including phenoxy) is 2. The molecule has 0 bridgehead atoms. The van der Waals surface area contributed by atoms with Crippen molar-refractivity contribution >= 4 is 27.5 Å². The Morgan fingerprint density at radius 3 is 2.54 bits per heavy atom. The monoisotopic (exact) mass is 339 g/mol. The number of thiophene rings is 1. The average Bonchev–Trinajstić information content (AvgIpc) is 2.91. The SMILES string of the molecule is COC(=O)c1sc2nc(C)nc(Oc3ccc(C#N)cc3)c2c1C. The van der Waals surface area contributed by atoms with Crippen molar-refractivity contribution in [3.63, 3.8) is 0 Å². The molecular formula is C17H13N3O3S. The fourth-order valence-corrected chi connectivity index (χ4v) is 3.41. The largest absolute Gasteiger partial charge is 0.465 e. The summed E-state index contributed by atoms with van der Waals surface area (Å²) in [5.41, 5.74) is 1.27.